The Kier molecular flexibility index (Phi) is 5.00. The van der Waals surface area contributed by atoms with E-state index in [0.29, 0.717) is 12.3 Å². The maximum atomic E-state index is 5.86. The number of hydrogen-bond donors (Lipinski definition) is 1. The van der Waals surface area contributed by atoms with Gasteiger partial charge in [0.1, 0.15) is 5.75 Å². The molecule has 2 aromatic rings. The summed E-state index contributed by atoms with van der Waals surface area (Å²) in [5, 5.41) is 0.764. The third-order valence-corrected chi connectivity index (χ3v) is 3.92. The standard InChI is InChI=1S/C15H16ClNOS/c1-2-18-15-9-13(7-8-14(15)17)19-10-11-3-5-12(16)6-4-11/h3-9H,2,10,17H2,1H3. The molecule has 2 rings (SSSR count). The van der Waals surface area contributed by atoms with Gasteiger partial charge in [0.05, 0.1) is 12.3 Å². The first-order valence-corrected chi connectivity index (χ1v) is 7.45. The van der Waals surface area contributed by atoms with Crippen molar-refractivity contribution in [3.8, 4) is 5.75 Å². The van der Waals surface area contributed by atoms with Crippen molar-refractivity contribution in [3.05, 3.63) is 53.1 Å². The van der Waals surface area contributed by atoms with Gasteiger partial charge in [0.25, 0.3) is 0 Å². The molecule has 0 aliphatic carbocycles. The summed E-state index contributed by atoms with van der Waals surface area (Å²) in [5.74, 6) is 1.65. The van der Waals surface area contributed by atoms with Gasteiger partial charge in [-0.2, -0.15) is 0 Å². The highest BCUT2D eigenvalue weighted by Gasteiger charge is 2.03. The van der Waals surface area contributed by atoms with Crippen molar-refractivity contribution in [2.45, 2.75) is 17.6 Å². The Labute approximate surface area is 122 Å². The number of nitrogens with two attached hydrogens (primary N) is 1. The molecule has 2 nitrogen and oxygen atoms in total. The largest absolute Gasteiger partial charge is 0.492 e. The minimum Gasteiger partial charge on any atom is -0.492 e. The van der Waals surface area contributed by atoms with E-state index in [0.717, 1.165) is 21.4 Å². The van der Waals surface area contributed by atoms with Crippen LogP contribution >= 0.6 is 23.4 Å². The van der Waals surface area contributed by atoms with Crippen LogP contribution in [0.15, 0.2) is 47.4 Å². The predicted molar refractivity (Wildman–Crippen MR) is 83.0 cm³/mol. The topological polar surface area (TPSA) is 35.2 Å². The summed E-state index contributed by atoms with van der Waals surface area (Å²) in [7, 11) is 0. The molecule has 0 fully saturated rings. The highest BCUT2D eigenvalue weighted by atomic mass is 35.5. The smallest absolute Gasteiger partial charge is 0.143 e. The number of halogens is 1. The van der Waals surface area contributed by atoms with Gasteiger partial charge in [0, 0.05) is 15.7 Å². The lowest BCUT2D eigenvalue weighted by Crippen LogP contribution is -1.96. The van der Waals surface area contributed by atoms with Gasteiger partial charge in [0.15, 0.2) is 0 Å². The van der Waals surface area contributed by atoms with Crippen LogP contribution in [0.25, 0.3) is 0 Å². The van der Waals surface area contributed by atoms with Gasteiger partial charge in [-0.1, -0.05) is 23.7 Å². The van der Waals surface area contributed by atoms with E-state index in [1.807, 2.05) is 49.4 Å². The summed E-state index contributed by atoms with van der Waals surface area (Å²) in [4.78, 5) is 1.15. The minimum absolute atomic E-state index is 0.621. The maximum absolute atomic E-state index is 5.86. The summed E-state index contributed by atoms with van der Waals surface area (Å²) in [6, 6.07) is 13.8. The first kappa shape index (κ1) is 14.1. The number of rotatable bonds is 5. The average Bonchev–Trinajstić information content (AvgIpc) is 2.42. The lowest BCUT2D eigenvalue weighted by atomic mass is 10.2. The van der Waals surface area contributed by atoms with Gasteiger partial charge in [0.2, 0.25) is 0 Å². The molecule has 0 bridgehead atoms. The predicted octanol–water partition coefficient (Wildman–Crippen LogP) is 4.61. The molecule has 2 N–H and O–H groups in total. The molecule has 0 amide bonds. The highest BCUT2D eigenvalue weighted by Crippen LogP contribution is 2.30. The summed E-state index contributed by atoms with van der Waals surface area (Å²) in [6.07, 6.45) is 0. The summed E-state index contributed by atoms with van der Waals surface area (Å²) >= 11 is 7.61. The summed E-state index contributed by atoms with van der Waals surface area (Å²) < 4.78 is 5.49. The van der Waals surface area contributed by atoms with E-state index in [4.69, 9.17) is 22.1 Å². The fourth-order valence-corrected chi connectivity index (χ4v) is 2.64. The molecule has 0 spiro atoms. The monoisotopic (exact) mass is 293 g/mol. The molecule has 100 valence electrons. The SMILES string of the molecule is CCOc1cc(SCc2ccc(Cl)cc2)ccc1N. The van der Waals surface area contributed by atoms with Gasteiger partial charge < -0.3 is 10.5 Å². The number of hydrogen-bond acceptors (Lipinski definition) is 3. The molecule has 2 aromatic carbocycles. The quantitative estimate of drug-likeness (QED) is 0.646. The van der Waals surface area contributed by atoms with Crippen LogP contribution in [0.5, 0.6) is 5.75 Å². The Morgan fingerprint density at radius 3 is 2.58 bits per heavy atom. The van der Waals surface area contributed by atoms with Crippen LogP contribution in [0, 0.1) is 0 Å². The third kappa shape index (κ3) is 4.08. The second-order valence-electron chi connectivity index (χ2n) is 4.05. The van der Waals surface area contributed by atoms with E-state index in [1.54, 1.807) is 11.8 Å². The molecule has 0 heterocycles. The summed E-state index contributed by atoms with van der Waals surface area (Å²) in [6.45, 7) is 2.57. The number of nitrogen functional groups attached to an aromatic ring is 1. The van der Waals surface area contributed by atoms with Crippen LogP contribution in [-0.4, -0.2) is 6.61 Å². The fraction of sp³-hybridized carbons (Fsp3) is 0.200. The van der Waals surface area contributed by atoms with Crippen molar-refractivity contribution in [3.63, 3.8) is 0 Å². The van der Waals surface area contributed by atoms with E-state index in [9.17, 15) is 0 Å². The van der Waals surface area contributed by atoms with Crippen LogP contribution in [0.4, 0.5) is 5.69 Å². The summed E-state index contributed by atoms with van der Waals surface area (Å²) in [5.41, 5.74) is 7.77. The van der Waals surface area contributed by atoms with Crippen molar-refractivity contribution in [1.82, 2.24) is 0 Å². The van der Waals surface area contributed by atoms with Crippen molar-refractivity contribution >= 4 is 29.1 Å². The Hall–Kier alpha value is -1.32. The van der Waals surface area contributed by atoms with Crippen molar-refractivity contribution in [1.29, 1.82) is 0 Å². The molecule has 0 aromatic heterocycles. The molecule has 4 heteroatoms. The van der Waals surface area contributed by atoms with E-state index < -0.39 is 0 Å². The molecule has 19 heavy (non-hydrogen) atoms. The van der Waals surface area contributed by atoms with Crippen molar-refractivity contribution in [2.75, 3.05) is 12.3 Å². The van der Waals surface area contributed by atoms with E-state index >= 15 is 0 Å². The number of thioether (sulfide) groups is 1. The fourth-order valence-electron chi connectivity index (χ4n) is 1.63. The Morgan fingerprint density at radius 2 is 1.89 bits per heavy atom. The molecular formula is C15H16ClNOS. The number of benzene rings is 2. The van der Waals surface area contributed by atoms with E-state index in [1.165, 1.54) is 5.56 Å². The van der Waals surface area contributed by atoms with Crippen LogP contribution in [0.1, 0.15) is 12.5 Å². The molecule has 0 unspecified atom stereocenters. The van der Waals surface area contributed by atoms with Crippen LogP contribution in [0.2, 0.25) is 5.02 Å². The Balaban J connectivity index is 2.03. The van der Waals surface area contributed by atoms with Gasteiger partial charge in [-0.05, 0) is 42.8 Å². The lowest BCUT2D eigenvalue weighted by Gasteiger charge is -2.09. The first-order chi connectivity index (χ1) is 9.19. The number of anilines is 1. The maximum Gasteiger partial charge on any atom is 0.143 e. The Bertz CT molecular complexity index is 542. The third-order valence-electron chi connectivity index (χ3n) is 2.60. The molecule has 0 saturated carbocycles. The molecule has 0 saturated heterocycles. The lowest BCUT2D eigenvalue weighted by molar-refractivity contribution is 0.341. The zero-order valence-electron chi connectivity index (χ0n) is 10.7. The Morgan fingerprint density at radius 1 is 1.16 bits per heavy atom. The van der Waals surface area contributed by atoms with Crippen LogP contribution in [0.3, 0.4) is 0 Å². The minimum atomic E-state index is 0.621. The molecular weight excluding hydrogens is 278 g/mol. The van der Waals surface area contributed by atoms with Gasteiger partial charge in [-0.3, -0.25) is 0 Å². The zero-order valence-corrected chi connectivity index (χ0v) is 12.3. The highest BCUT2D eigenvalue weighted by molar-refractivity contribution is 7.98. The average molecular weight is 294 g/mol. The second-order valence-corrected chi connectivity index (χ2v) is 5.53. The molecule has 0 aliphatic heterocycles. The normalized spacial score (nSPS) is 10.4. The molecule has 0 aliphatic rings. The van der Waals surface area contributed by atoms with Crippen LogP contribution < -0.4 is 10.5 Å². The molecule has 0 radical (unpaired) electrons. The van der Waals surface area contributed by atoms with Crippen LogP contribution in [-0.2, 0) is 5.75 Å². The second kappa shape index (κ2) is 6.73. The van der Waals surface area contributed by atoms with E-state index in [-0.39, 0.29) is 0 Å². The zero-order chi connectivity index (χ0) is 13.7. The first-order valence-electron chi connectivity index (χ1n) is 6.08. The number of ether oxygens (including phenoxy) is 1. The van der Waals surface area contributed by atoms with Crippen molar-refractivity contribution in [2.24, 2.45) is 0 Å². The van der Waals surface area contributed by atoms with E-state index in [2.05, 4.69) is 0 Å². The molecule has 0 atom stereocenters. The van der Waals surface area contributed by atoms with Crippen molar-refractivity contribution < 1.29 is 4.74 Å². The van der Waals surface area contributed by atoms with Gasteiger partial charge >= 0.3 is 0 Å². The van der Waals surface area contributed by atoms with Gasteiger partial charge in [-0.25, -0.2) is 0 Å². The van der Waals surface area contributed by atoms with Gasteiger partial charge in [-0.15, -0.1) is 11.8 Å².